The van der Waals surface area contributed by atoms with Crippen molar-refractivity contribution in [3.05, 3.63) is 33.9 Å². The van der Waals surface area contributed by atoms with Gasteiger partial charge in [0, 0.05) is 18.4 Å². The summed E-state index contributed by atoms with van der Waals surface area (Å²) >= 11 is 5.49. The molecule has 1 rings (SSSR count). The summed E-state index contributed by atoms with van der Waals surface area (Å²) in [5.41, 5.74) is 0.609. The van der Waals surface area contributed by atoms with E-state index in [1.165, 1.54) is 19.2 Å². The quantitative estimate of drug-likeness (QED) is 0.353. The topological polar surface area (TPSA) is 52.4 Å². The van der Waals surface area contributed by atoms with Crippen molar-refractivity contribution in [1.82, 2.24) is 0 Å². The second-order valence-electron chi connectivity index (χ2n) is 2.88. The molecular weight excluding hydrogens is 230 g/mol. The minimum Gasteiger partial charge on any atom is -0.495 e. The largest absolute Gasteiger partial charge is 0.495 e. The van der Waals surface area contributed by atoms with Crippen LogP contribution in [0.25, 0.3) is 0 Å². The zero-order chi connectivity index (χ0) is 12.0. The van der Waals surface area contributed by atoms with Crippen molar-refractivity contribution in [3.8, 4) is 17.6 Å². The first-order valence-electron chi connectivity index (χ1n) is 4.56. The zero-order valence-corrected chi connectivity index (χ0v) is 9.45. The Morgan fingerprint density at radius 3 is 2.88 bits per heavy atom. The van der Waals surface area contributed by atoms with Gasteiger partial charge in [-0.25, -0.2) is 0 Å². The molecule has 0 fully saturated rings. The molecule has 0 radical (unpaired) electrons. The maximum atomic E-state index is 10.5. The number of nitro groups is 1. The number of nitrogens with zero attached hydrogens (tertiary/aromatic N) is 1. The SMILES string of the molecule is COc1cc([N+](=O)[O-])ccc1C#CCCCl. The molecule has 0 heterocycles. The second kappa shape index (κ2) is 5.99. The summed E-state index contributed by atoms with van der Waals surface area (Å²) in [4.78, 5) is 10.1. The lowest BCUT2D eigenvalue weighted by Gasteiger charge is -2.02. The Morgan fingerprint density at radius 2 is 2.31 bits per heavy atom. The average Bonchev–Trinajstić information content (AvgIpc) is 2.29. The van der Waals surface area contributed by atoms with E-state index < -0.39 is 4.92 Å². The molecule has 0 aliphatic heterocycles. The van der Waals surface area contributed by atoms with Crippen LogP contribution in [0.2, 0.25) is 0 Å². The van der Waals surface area contributed by atoms with Gasteiger partial charge in [-0.2, -0.15) is 0 Å². The minimum absolute atomic E-state index is 0.0141. The summed E-state index contributed by atoms with van der Waals surface area (Å²) < 4.78 is 5.03. The van der Waals surface area contributed by atoms with Gasteiger partial charge in [0.2, 0.25) is 0 Å². The van der Waals surface area contributed by atoms with E-state index in [2.05, 4.69) is 11.8 Å². The molecule has 4 nitrogen and oxygen atoms in total. The van der Waals surface area contributed by atoms with Crippen LogP contribution in [0, 0.1) is 22.0 Å². The van der Waals surface area contributed by atoms with Crippen molar-refractivity contribution in [2.75, 3.05) is 13.0 Å². The van der Waals surface area contributed by atoms with E-state index in [1.54, 1.807) is 6.07 Å². The van der Waals surface area contributed by atoms with Crippen LogP contribution < -0.4 is 4.74 Å². The summed E-state index contributed by atoms with van der Waals surface area (Å²) in [6.07, 6.45) is 0.571. The predicted molar refractivity (Wildman–Crippen MR) is 61.9 cm³/mol. The summed E-state index contributed by atoms with van der Waals surface area (Å²) in [7, 11) is 1.45. The monoisotopic (exact) mass is 239 g/mol. The van der Waals surface area contributed by atoms with Crippen LogP contribution in [0.3, 0.4) is 0 Å². The highest BCUT2D eigenvalue weighted by Gasteiger charge is 2.09. The first-order chi connectivity index (χ1) is 7.69. The van der Waals surface area contributed by atoms with Gasteiger partial charge in [-0.3, -0.25) is 10.1 Å². The van der Waals surface area contributed by atoms with E-state index in [0.717, 1.165) is 0 Å². The third kappa shape index (κ3) is 3.14. The van der Waals surface area contributed by atoms with Crippen LogP contribution in [0.5, 0.6) is 5.75 Å². The van der Waals surface area contributed by atoms with Crippen molar-refractivity contribution in [2.45, 2.75) is 6.42 Å². The molecule has 0 saturated carbocycles. The molecule has 0 aliphatic carbocycles. The maximum absolute atomic E-state index is 10.5. The number of hydrogen-bond donors (Lipinski definition) is 0. The van der Waals surface area contributed by atoms with Crippen molar-refractivity contribution >= 4 is 17.3 Å². The lowest BCUT2D eigenvalue weighted by atomic mass is 10.2. The van der Waals surface area contributed by atoms with Gasteiger partial charge in [-0.05, 0) is 6.07 Å². The van der Waals surface area contributed by atoms with Crippen LogP contribution >= 0.6 is 11.6 Å². The minimum atomic E-state index is -0.474. The normalized spacial score (nSPS) is 9.12. The molecule has 0 atom stereocenters. The fourth-order valence-electron chi connectivity index (χ4n) is 1.10. The van der Waals surface area contributed by atoms with E-state index in [9.17, 15) is 10.1 Å². The molecule has 0 unspecified atom stereocenters. The van der Waals surface area contributed by atoms with E-state index in [0.29, 0.717) is 23.6 Å². The number of hydrogen-bond acceptors (Lipinski definition) is 3. The van der Waals surface area contributed by atoms with Crippen LogP contribution in [-0.2, 0) is 0 Å². The lowest BCUT2D eigenvalue weighted by Crippen LogP contribution is -1.92. The molecule has 0 aromatic heterocycles. The number of benzene rings is 1. The molecular formula is C11H10ClNO3. The highest BCUT2D eigenvalue weighted by Crippen LogP contribution is 2.23. The number of halogens is 1. The number of rotatable bonds is 3. The van der Waals surface area contributed by atoms with Gasteiger partial charge < -0.3 is 4.74 Å². The van der Waals surface area contributed by atoms with Crippen LogP contribution in [0.15, 0.2) is 18.2 Å². The molecule has 0 aliphatic rings. The number of ether oxygens (including phenoxy) is 1. The molecule has 1 aromatic carbocycles. The Morgan fingerprint density at radius 1 is 1.56 bits per heavy atom. The standard InChI is InChI=1S/C11H10ClNO3/c1-16-11-8-10(13(14)15)6-5-9(11)4-2-3-7-12/h5-6,8H,3,7H2,1H3. The number of nitro benzene ring substituents is 1. The van der Waals surface area contributed by atoms with Crippen molar-refractivity contribution in [2.24, 2.45) is 0 Å². The lowest BCUT2D eigenvalue weighted by molar-refractivity contribution is -0.384. The molecule has 0 N–H and O–H groups in total. The molecule has 0 bridgehead atoms. The van der Waals surface area contributed by atoms with E-state index in [4.69, 9.17) is 16.3 Å². The molecule has 1 aromatic rings. The number of non-ortho nitro benzene ring substituents is 1. The number of methoxy groups -OCH3 is 1. The molecule has 0 spiro atoms. The van der Waals surface area contributed by atoms with Gasteiger partial charge >= 0.3 is 0 Å². The third-order valence-electron chi connectivity index (χ3n) is 1.84. The molecule has 0 amide bonds. The van der Waals surface area contributed by atoms with Gasteiger partial charge in [-0.15, -0.1) is 11.6 Å². The van der Waals surface area contributed by atoms with E-state index >= 15 is 0 Å². The highest BCUT2D eigenvalue weighted by molar-refractivity contribution is 6.18. The third-order valence-corrected chi connectivity index (χ3v) is 2.03. The summed E-state index contributed by atoms with van der Waals surface area (Å²) in [5.74, 6) is 6.55. The summed E-state index contributed by atoms with van der Waals surface area (Å²) in [6, 6.07) is 4.32. The fraction of sp³-hybridized carbons (Fsp3) is 0.273. The van der Waals surface area contributed by atoms with Crippen LogP contribution in [0.1, 0.15) is 12.0 Å². The number of alkyl halides is 1. The Hall–Kier alpha value is -1.73. The first kappa shape index (κ1) is 12.3. The Balaban J connectivity index is 3.03. The van der Waals surface area contributed by atoms with Gasteiger partial charge in [0.05, 0.1) is 23.7 Å². The second-order valence-corrected chi connectivity index (χ2v) is 3.26. The highest BCUT2D eigenvalue weighted by atomic mass is 35.5. The van der Waals surface area contributed by atoms with Gasteiger partial charge in [-0.1, -0.05) is 11.8 Å². The van der Waals surface area contributed by atoms with Crippen molar-refractivity contribution < 1.29 is 9.66 Å². The zero-order valence-electron chi connectivity index (χ0n) is 8.70. The summed E-state index contributed by atoms with van der Waals surface area (Å²) in [5, 5.41) is 10.5. The molecule has 84 valence electrons. The molecule has 5 heteroatoms. The van der Waals surface area contributed by atoms with E-state index in [1.807, 2.05) is 0 Å². The first-order valence-corrected chi connectivity index (χ1v) is 5.09. The van der Waals surface area contributed by atoms with Crippen molar-refractivity contribution in [1.29, 1.82) is 0 Å². The van der Waals surface area contributed by atoms with Crippen LogP contribution in [0.4, 0.5) is 5.69 Å². The van der Waals surface area contributed by atoms with Gasteiger partial charge in [0.15, 0.2) is 0 Å². The van der Waals surface area contributed by atoms with Crippen molar-refractivity contribution in [3.63, 3.8) is 0 Å². The Labute approximate surface area is 98.3 Å². The van der Waals surface area contributed by atoms with Crippen LogP contribution in [-0.4, -0.2) is 17.9 Å². The Kier molecular flexibility index (Phi) is 4.62. The maximum Gasteiger partial charge on any atom is 0.273 e. The summed E-state index contributed by atoms with van der Waals surface area (Å²) in [6.45, 7) is 0. The van der Waals surface area contributed by atoms with Gasteiger partial charge in [0.1, 0.15) is 5.75 Å². The van der Waals surface area contributed by atoms with E-state index in [-0.39, 0.29) is 5.69 Å². The molecule has 0 saturated heterocycles. The average molecular weight is 240 g/mol. The predicted octanol–water partition coefficient (Wildman–Crippen LogP) is 2.58. The fourth-order valence-corrected chi connectivity index (χ4v) is 1.20. The van der Waals surface area contributed by atoms with Gasteiger partial charge in [0.25, 0.3) is 5.69 Å². The molecule has 16 heavy (non-hydrogen) atoms. The smallest absolute Gasteiger partial charge is 0.273 e. The Bertz CT molecular complexity index is 448.